The smallest absolute Gasteiger partial charge is 0.0249 e. The Bertz CT molecular complexity index is 268. The van der Waals surface area contributed by atoms with Crippen LogP contribution in [0.5, 0.6) is 0 Å². The number of nitrogens with zero attached hydrogens (tertiary/aromatic N) is 2. The van der Waals surface area contributed by atoms with Crippen LogP contribution in [-0.4, -0.2) is 61.2 Å². The average Bonchev–Trinajstić information content (AvgIpc) is 2.85. The molecule has 2 bridgehead atoms. The quantitative estimate of drug-likeness (QED) is 0.781. The van der Waals surface area contributed by atoms with Crippen molar-refractivity contribution in [2.75, 3.05) is 27.2 Å². The van der Waals surface area contributed by atoms with Crippen LogP contribution in [0, 0.1) is 0 Å². The van der Waals surface area contributed by atoms with Gasteiger partial charge in [0.1, 0.15) is 0 Å². The standard InChI is InChI=1S/C14H27N3/c1-15-13-4-3-5-14(13)17-9-8-11-6-7-12(10-17)16(11)2/h11-15H,3-10H2,1-2H3. The Balaban J connectivity index is 1.68. The molecule has 0 radical (unpaired) electrons. The second-order valence-electron chi connectivity index (χ2n) is 6.23. The number of likely N-dealkylation sites (tertiary alicyclic amines) is 1. The van der Waals surface area contributed by atoms with Crippen LogP contribution in [0.3, 0.4) is 0 Å². The zero-order chi connectivity index (χ0) is 11.8. The first-order valence-corrected chi connectivity index (χ1v) is 7.43. The lowest BCUT2D eigenvalue weighted by Gasteiger charge is -2.34. The summed E-state index contributed by atoms with van der Waals surface area (Å²) in [7, 11) is 4.48. The highest BCUT2D eigenvalue weighted by atomic mass is 15.3. The molecule has 0 aromatic heterocycles. The third kappa shape index (κ3) is 2.13. The molecular weight excluding hydrogens is 210 g/mol. The van der Waals surface area contributed by atoms with Gasteiger partial charge in [-0.25, -0.2) is 0 Å². The minimum Gasteiger partial charge on any atom is -0.315 e. The van der Waals surface area contributed by atoms with E-state index in [2.05, 4.69) is 29.2 Å². The topological polar surface area (TPSA) is 18.5 Å². The van der Waals surface area contributed by atoms with Crippen LogP contribution in [0.15, 0.2) is 0 Å². The van der Waals surface area contributed by atoms with Crippen molar-refractivity contribution in [2.24, 2.45) is 0 Å². The summed E-state index contributed by atoms with van der Waals surface area (Å²) in [6, 6.07) is 3.27. The molecule has 0 aromatic carbocycles. The van der Waals surface area contributed by atoms with E-state index in [1.54, 1.807) is 0 Å². The van der Waals surface area contributed by atoms with Crippen LogP contribution >= 0.6 is 0 Å². The maximum Gasteiger partial charge on any atom is 0.0249 e. The van der Waals surface area contributed by atoms with Gasteiger partial charge in [-0.2, -0.15) is 0 Å². The van der Waals surface area contributed by atoms with Crippen LogP contribution in [0.2, 0.25) is 0 Å². The summed E-state index contributed by atoms with van der Waals surface area (Å²) in [5.74, 6) is 0. The average molecular weight is 237 g/mol. The molecule has 98 valence electrons. The zero-order valence-corrected chi connectivity index (χ0v) is 11.4. The van der Waals surface area contributed by atoms with E-state index < -0.39 is 0 Å². The molecule has 3 fully saturated rings. The maximum atomic E-state index is 3.53. The fourth-order valence-electron chi connectivity index (χ4n) is 4.35. The molecule has 2 saturated heterocycles. The lowest BCUT2D eigenvalue weighted by Crippen LogP contribution is -2.48. The minimum atomic E-state index is 0.747. The fraction of sp³-hybridized carbons (Fsp3) is 1.00. The van der Waals surface area contributed by atoms with Gasteiger partial charge in [-0.15, -0.1) is 0 Å². The summed E-state index contributed by atoms with van der Waals surface area (Å²) in [5, 5.41) is 3.53. The van der Waals surface area contributed by atoms with E-state index in [9.17, 15) is 0 Å². The first-order valence-electron chi connectivity index (χ1n) is 7.43. The molecule has 1 N–H and O–H groups in total. The Kier molecular flexibility index (Phi) is 3.42. The molecule has 0 aromatic rings. The molecule has 1 aliphatic carbocycles. The van der Waals surface area contributed by atoms with Gasteiger partial charge >= 0.3 is 0 Å². The molecule has 2 heterocycles. The molecule has 3 nitrogen and oxygen atoms in total. The molecule has 1 saturated carbocycles. The third-order valence-corrected chi connectivity index (χ3v) is 5.50. The summed E-state index contributed by atoms with van der Waals surface area (Å²) >= 11 is 0. The lowest BCUT2D eigenvalue weighted by molar-refractivity contribution is 0.155. The molecule has 3 aliphatic rings. The van der Waals surface area contributed by atoms with Gasteiger partial charge in [0.25, 0.3) is 0 Å². The monoisotopic (exact) mass is 237 g/mol. The molecule has 4 unspecified atom stereocenters. The van der Waals surface area contributed by atoms with Gasteiger partial charge in [0.2, 0.25) is 0 Å². The van der Waals surface area contributed by atoms with Gasteiger partial charge in [0, 0.05) is 37.3 Å². The van der Waals surface area contributed by atoms with Crippen LogP contribution in [0.1, 0.15) is 38.5 Å². The molecule has 3 heteroatoms. The van der Waals surface area contributed by atoms with Crippen LogP contribution in [-0.2, 0) is 0 Å². The number of likely N-dealkylation sites (N-methyl/N-ethyl adjacent to an activating group) is 2. The highest BCUT2D eigenvalue weighted by Gasteiger charge is 2.39. The predicted molar refractivity (Wildman–Crippen MR) is 71.2 cm³/mol. The Morgan fingerprint density at radius 1 is 1.00 bits per heavy atom. The van der Waals surface area contributed by atoms with Gasteiger partial charge in [-0.3, -0.25) is 9.80 Å². The molecule has 17 heavy (non-hydrogen) atoms. The van der Waals surface area contributed by atoms with Gasteiger partial charge in [0.15, 0.2) is 0 Å². The maximum absolute atomic E-state index is 3.53. The van der Waals surface area contributed by atoms with Gasteiger partial charge in [-0.1, -0.05) is 6.42 Å². The van der Waals surface area contributed by atoms with Crippen molar-refractivity contribution >= 4 is 0 Å². The second-order valence-corrected chi connectivity index (χ2v) is 6.23. The van der Waals surface area contributed by atoms with Crippen molar-refractivity contribution in [1.29, 1.82) is 0 Å². The van der Waals surface area contributed by atoms with E-state index in [-0.39, 0.29) is 0 Å². The van der Waals surface area contributed by atoms with E-state index in [4.69, 9.17) is 0 Å². The molecule has 0 amide bonds. The number of fused-ring (bicyclic) bond motifs is 2. The Hall–Kier alpha value is -0.120. The minimum absolute atomic E-state index is 0.747. The first-order chi connectivity index (χ1) is 8.29. The highest BCUT2D eigenvalue weighted by molar-refractivity contribution is 4.96. The fourth-order valence-corrected chi connectivity index (χ4v) is 4.35. The normalized spacial score (nSPS) is 44.1. The molecule has 3 rings (SSSR count). The Morgan fingerprint density at radius 2 is 1.82 bits per heavy atom. The zero-order valence-electron chi connectivity index (χ0n) is 11.4. The summed E-state index contributed by atoms with van der Waals surface area (Å²) in [6.45, 7) is 2.64. The van der Waals surface area contributed by atoms with Crippen molar-refractivity contribution in [3.8, 4) is 0 Å². The predicted octanol–water partition coefficient (Wildman–Crippen LogP) is 1.30. The van der Waals surface area contributed by atoms with Crippen molar-refractivity contribution in [3.05, 3.63) is 0 Å². The first kappa shape index (κ1) is 11.9. The van der Waals surface area contributed by atoms with E-state index in [1.807, 2.05) is 0 Å². The Morgan fingerprint density at radius 3 is 2.65 bits per heavy atom. The van der Waals surface area contributed by atoms with Crippen molar-refractivity contribution in [2.45, 2.75) is 62.7 Å². The summed E-state index contributed by atoms with van der Waals surface area (Å²) in [5.41, 5.74) is 0. The summed E-state index contributed by atoms with van der Waals surface area (Å²) < 4.78 is 0. The van der Waals surface area contributed by atoms with Crippen LogP contribution in [0.25, 0.3) is 0 Å². The Labute approximate surface area is 106 Å². The lowest BCUT2D eigenvalue weighted by atomic mass is 10.0. The van der Waals surface area contributed by atoms with Crippen molar-refractivity contribution in [1.82, 2.24) is 15.1 Å². The number of rotatable bonds is 2. The van der Waals surface area contributed by atoms with E-state index in [1.165, 1.54) is 51.6 Å². The molecular formula is C14H27N3. The van der Waals surface area contributed by atoms with Gasteiger partial charge in [0.05, 0.1) is 0 Å². The van der Waals surface area contributed by atoms with Crippen LogP contribution in [0.4, 0.5) is 0 Å². The number of nitrogens with one attached hydrogen (secondary N) is 1. The third-order valence-electron chi connectivity index (χ3n) is 5.50. The summed E-state index contributed by atoms with van der Waals surface area (Å²) in [4.78, 5) is 5.46. The van der Waals surface area contributed by atoms with E-state index in [0.29, 0.717) is 0 Å². The van der Waals surface area contributed by atoms with E-state index in [0.717, 1.165) is 24.2 Å². The van der Waals surface area contributed by atoms with Crippen molar-refractivity contribution < 1.29 is 0 Å². The molecule has 2 aliphatic heterocycles. The largest absolute Gasteiger partial charge is 0.315 e. The second kappa shape index (κ2) is 4.87. The highest BCUT2D eigenvalue weighted by Crippen LogP contribution is 2.32. The molecule has 0 spiro atoms. The number of hydrogen-bond acceptors (Lipinski definition) is 3. The van der Waals surface area contributed by atoms with E-state index >= 15 is 0 Å². The summed E-state index contributed by atoms with van der Waals surface area (Å²) in [6.07, 6.45) is 8.45. The molecule has 4 atom stereocenters. The van der Waals surface area contributed by atoms with Crippen molar-refractivity contribution in [3.63, 3.8) is 0 Å². The van der Waals surface area contributed by atoms with Gasteiger partial charge in [-0.05, 0) is 46.2 Å². The number of hydrogen-bond donors (Lipinski definition) is 1. The SMILES string of the molecule is CNC1CCCC1N1CCC2CCC(C1)N2C. The van der Waals surface area contributed by atoms with Crippen LogP contribution < -0.4 is 5.32 Å². The van der Waals surface area contributed by atoms with Gasteiger partial charge < -0.3 is 5.32 Å².